The van der Waals surface area contributed by atoms with Crippen molar-refractivity contribution in [2.75, 3.05) is 34.8 Å². The van der Waals surface area contributed by atoms with Crippen LogP contribution in [0.5, 0.6) is 5.75 Å². The molecule has 0 radical (unpaired) electrons. The third-order valence-electron chi connectivity index (χ3n) is 6.82. The number of carbonyl (C=O) groups is 2. The van der Waals surface area contributed by atoms with Gasteiger partial charge in [0.15, 0.2) is 11.7 Å². The Morgan fingerprint density at radius 2 is 1.76 bits per heavy atom. The zero-order chi connectivity index (χ0) is 28.8. The Morgan fingerprint density at radius 3 is 2.39 bits per heavy atom. The third kappa shape index (κ3) is 7.01. The van der Waals surface area contributed by atoms with E-state index in [0.29, 0.717) is 17.0 Å². The third-order valence-corrected chi connectivity index (χ3v) is 7.66. The van der Waals surface area contributed by atoms with Gasteiger partial charge in [0.05, 0.1) is 11.3 Å². The number of rotatable bonds is 10. The first-order valence-corrected chi connectivity index (χ1v) is 14.6. The van der Waals surface area contributed by atoms with E-state index in [1.54, 1.807) is 29.7 Å². The molecule has 3 heterocycles. The summed E-state index contributed by atoms with van der Waals surface area (Å²) < 4.78 is 5.25. The van der Waals surface area contributed by atoms with Gasteiger partial charge >= 0.3 is 5.97 Å². The average molecular weight is 572 g/mol. The zero-order valence-corrected chi connectivity index (χ0v) is 23.9. The Kier molecular flexibility index (Phi) is 8.79. The minimum absolute atomic E-state index is 0.140. The highest BCUT2D eigenvalue weighted by Gasteiger charge is 2.18. The zero-order valence-electron chi connectivity index (χ0n) is 23.1. The van der Waals surface area contributed by atoms with Gasteiger partial charge in [-0.15, -0.1) is 11.3 Å². The van der Waals surface area contributed by atoms with Crippen molar-refractivity contribution in [2.24, 2.45) is 0 Å². The largest absolute Gasteiger partial charge is 0.482 e. The van der Waals surface area contributed by atoms with Crippen molar-refractivity contribution in [3.8, 4) is 17.0 Å². The molecule has 4 aromatic rings. The van der Waals surface area contributed by atoms with Crippen LogP contribution in [0.2, 0.25) is 0 Å². The Balaban J connectivity index is 1.23. The maximum absolute atomic E-state index is 12.8. The fourth-order valence-electron chi connectivity index (χ4n) is 4.74. The van der Waals surface area contributed by atoms with Crippen molar-refractivity contribution in [2.45, 2.75) is 39.2 Å². The number of carboxylic acids is 1. The molecule has 2 N–H and O–H groups in total. The summed E-state index contributed by atoms with van der Waals surface area (Å²) in [6.45, 7) is 5.82. The van der Waals surface area contributed by atoms with Gasteiger partial charge in [-0.1, -0.05) is 12.1 Å². The number of carbonyl (C=O) groups excluding carboxylic acids is 1. The van der Waals surface area contributed by atoms with Crippen LogP contribution in [0.25, 0.3) is 11.3 Å². The van der Waals surface area contributed by atoms with Crippen LogP contribution in [-0.2, 0) is 4.79 Å². The molecule has 0 unspecified atom stereocenters. The second kappa shape index (κ2) is 12.8. The molecule has 0 spiro atoms. The highest BCUT2D eigenvalue weighted by atomic mass is 32.1. The number of nitrogens with zero attached hydrogens (tertiary/aromatic N) is 4. The Hall–Kier alpha value is -4.44. The molecule has 1 saturated heterocycles. The molecule has 212 valence electrons. The van der Waals surface area contributed by atoms with E-state index in [2.05, 4.69) is 33.9 Å². The van der Waals surface area contributed by atoms with E-state index < -0.39 is 5.97 Å². The normalized spacial score (nSPS) is 13.2. The summed E-state index contributed by atoms with van der Waals surface area (Å²) in [6, 6.07) is 18.8. The fourth-order valence-corrected chi connectivity index (χ4v) is 5.73. The smallest absolute Gasteiger partial charge is 0.341 e. The van der Waals surface area contributed by atoms with Crippen molar-refractivity contribution < 1.29 is 19.4 Å². The number of thiazole rings is 1. The number of nitrogens with one attached hydrogen (secondary N) is 1. The van der Waals surface area contributed by atoms with Crippen molar-refractivity contribution in [3.05, 3.63) is 77.8 Å². The molecule has 5 rings (SSSR count). The molecule has 2 aromatic carbocycles. The Morgan fingerprint density at radius 1 is 1.02 bits per heavy atom. The van der Waals surface area contributed by atoms with Crippen molar-refractivity contribution >= 4 is 45.5 Å². The summed E-state index contributed by atoms with van der Waals surface area (Å²) in [4.78, 5) is 37.3. The van der Waals surface area contributed by atoms with Crippen molar-refractivity contribution in [1.29, 1.82) is 0 Å². The molecule has 0 bridgehead atoms. The average Bonchev–Trinajstić information content (AvgIpc) is 3.47. The second-order valence-corrected chi connectivity index (χ2v) is 11.0. The SMILES string of the molecule is CC(C)N(c1ccc(OCC(=O)O)cc1)c1nc(-c2ccc(NC(=O)c3ccc(N4CCCCC4)nc3)cc2)cs1. The highest BCUT2D eigenvalue weighted by molar-refractivity contribution is 7.14. The molecule has 0 atom stereocenters. The lowest BCUT2D eigenvalue weighted by molar-refractivity contribution is -0.139. The van der Waals surface area contributed by atoms with Crippen LogP contribution >= 0.6 is 11.3 Å². The predicted molar refractivity (Wildman–Crippen MR) is 163 cm³/mol. The summed E-state index contributed by atoms with van der Waals surface area (Å²) in [5.74, 6) is 0.209. The van der Waals surface area contributed by atoms with Crippen LogP contribution in [0.15, 0.2) is 72.2 Å². The minimum Gasteiger partial charge on any atom is -0.482 e. The first kappa shape index (κ1) is 28.1. The molecule has 1 aliphatic heterocycles. The summed E-state index contributed by atoms with van der Waals surface area (Å²) in [6.07, 6.45) is 5.26. The second-order valence-electron chi connectivity index (χ2n) is 10.1. The van der Waals surface area contributed by atoms with Gasteiger partial charge in [-0.05, 0) is 81.6 Å². The molecule has 1 amide bonds. The number of hydrogen-bond donors (Lipinski definition) is 2. The molecule has 2 aromatic heterocycles. The number of aromatic nitrogens is 2. The van der Waals surface area contributed by atoms with Crippen LogP contribution in [0.4, 0.5) is 22.3 Å². The van der Waals surface area contributed by atoms with Crippen LogP contribution in [0.3, 0.4) is 0 Å². The number of aliphatic carboxylic acids is 1. The van der Waals surface area contributed by atoms with E-state index in [4.69, 9.17) is 14.8 Å². The van der Waals surface area contributed by atoms with Gasteiger partial charge in [0, 0.05) is 47.6 Å². The number of pyridine rings is 1. The number of carboxylic acid groups (broad SMARTS) is 1. The van der Waals surface area contributed by atoms with E-state index in [-0.39, 0.29) is 18.6 Å². The van der Waals surface area contributed by atoms with Gasteiger partial charge in [-0.25, -0.2) is 14.8 Å². The lowest BCUT2D eigenvalue weighted by atomic mass is 10.1. The summed E-state index contributed by atoms with van der Waals surface area (Å²) in [7, 11) is 0. The monoisotopic (exact) mass is 571 g/mol. The van der Waals surface area contributed by atoms with Crippen molar-refractivity contribution in [1.82, 2.24) is 9.97 Å². The summed E-state index contributed by atoms with van der Waals surface area (Å²) in [5, 5.41) is 14.6. The maximum atomic E-state index is 12.8. The highest BCUT2D eigenvalue weighted by Crippen LogP contribution is 2.35. The van der Waals surface area contributed by atoms with Crippen LogP contribution in [-0.4, -0.2) is 52.7 Å². The number of amides is 1. The number of anilines is 4. The summed E-state index contributed by atoms with van der Waals surface area (Å²) in [5.41, 5.74) is 3.93. The summed E-state index contributed by atoms with van der Waals surface area (Å²) >= 11 is 1.54. The number of piperidine rings is 1. The Bertz CT molecular complexity index is 1460. The van der Waals surface area contributed by atoms with Gasteiger partial charge < -0.3 is 25.0 Å². The number of benzene rings is 2. The molecule has 41 heavy (non-hydrogen) atoms. The first-order chi connectivity index (χ1) is 19.9. The fraction of sp³-hybridized carbons (Fsp3) is 0.290. The first-order valence-electron chi connectivity index (χ1n) is 13.7. The topological polar surface area (TPSA) is 108 Å². The standard InChI is InChI=1S/C31H33N5O4S/c1-21(2)36(25-11-13-26(14-12-25)40-19-29(37)38)31-34-27(20-41-31)22-6-9-24(10-7-22)33-30(39)23-8-15-28(32-18-23)35-16-4-3-5-17-35/h6-15,18,20-21H,3-5,16-17,19H2,1-2H3,(H,33,39)(H,37,38). The predicted octanol–water partition coefficient (Wildman–Crippen LogP) is 6.46. The molecule has 1 aliphatic rings. The van der Waals surface area contributed by atoms with Crippen molar-refractivity contribution in [3.63, 3.8) is 0 Å². The Labute approximate surface area is 243 Å². The minimum atomic E-state index is -1.02. The van der Waals surface area contributed by atoms with E-state index in [9.17, 15) is 9.59 Å². The van der Waals surface area contributed by atoms with Crippen LogP contribution in [0.1, 0.15) is 43.5 Å². The van der Waals surface area contributed by atoms with E-state index in [1.165, 1.54) is 19.3 Å². The van der Waals surface area contributed by atoms with Gasteiger partial charge in [-0.2, -0.15) is 0 Å². The van der Waals surface area contributed by atoms with Gasteiger partial charge in [0.1, 0.15) is 11.6 Å². The van der Waals surface area contributed by atoms with Gasteiger partial charge in [0.2, 0.25) is 0 Å². The molecule has 1 fully saturated rings. The van der Waals surface area contributed by atoms with E-state index in [1.807, 2.05) is 53.9 Å². The molecule has 9 nitrogen and oxygen atoms in total. The van der Waals surface area contributed by atoms with Gasteiger partial charge in [-0.3, -0.25) is 4.79 Å². The number of hydrogen-bond acceptors (Lipinski definition) is 8. The van der Waals surface area contributed by atoms with Crippen LogP contribution < -0.4 is 19.9 Å². The van der Waals surface area contributed by atoms with E-state index in [0.717, 1.165) is 41.0 Å². The quantitative estimate of drug-likeness (QED) is 0.223. The molecule has 0 saturated carbocycles. The molecule has 10 heteroatoms. The lowest BCUT2D eigenvalue weighted by Crippen LogP contribution is -2.30. The van der Waals surface area contributed by atoms with E-state index >= 15 is 0 Å². The molecular weight excluding hydrogens is 538 g/mol. The molecule has 0 aliphatic carbocycles. The van der Waals surface area contributed by atoms with Crippen LogP contribution in [0, 0.1) is 0 Å². The number of ether oxygens (including phenoxy) is 1. The van der Waals surface area contributed by atoms with Gasteiger partial charge in [0.25, 0.3) is 5.91 Å². The maximum Gasteiger partial charge on any atom is 0.341 e. The molecular formula is C31H33N5O4S. The lowest BCUT2D eigenvalue weighted by Gasteiger charge is -2.27.